The van der Waals surface area contributed by atoms with E-state index < -0.39 is 17.4 Å². The largest absolute Gasteiger partial charge is 0.456 e. The molecule has 0 atom stereocenters. The van der Waals surface area contributed by atoms with E-state index in [1.54, 1.807) is 20.8 Å². The van der Waals surface area contributed by atoms with Crippen LogP contribution in [0.15, 0.2) is 23.2 Å². The minimum absolute atomic E-state index is 0.155. The summed E-state index contributed by atoms with van der Waals surface area (Å²) in [6, 6.07) is 3.47. The van der Waals surface area contributed by atoms with Crippen molar-refractivity contribution >= 4 is 17.7 Å². The molecule has 0 spiro atoms. The first-order valence-corrected chi connectivity index (χ1v) is 4.94. The highest BCUT2D eigenvalue weighted by Crippen LogP contribution is 2.20. The molecule has 0 fully saturated rings. The van der Waals surface area contributed by atoms with Gasteiger partial charge in [0.15, 0.2) is 0 Å². The van der Waals surface area contributed by atoms with E-state index in [0.717, 1.165) is 12.1 Å². The lowest BCUT2D eigenvalue weighted by molar-refractivity contribution is 0.00647. The van der Waals surface area contributed by atoms with Crippen LogP contribution in [0.25, 0.3) is 0 Å². The second-order valence-corrected chi connectivity index (χ2v) is 4.37. The Morgan fingerprint density at radius 2 is 2.06 bits per heavy atom. The van der Waals surface area contributed by atoms with Crippen LogP contribution in [0.2, 0.25) is 0 Å². The Labute approximate surface area is 98.1 Å². The first-order valence-electron chi connectivity index (χ1n) is 4.94. The van der Waals surface area contributed by atoms with Crippen LogP contribution in [0.1, 0.15) is 31.1 Å². The first-order chi connectivity index (χ1) is 7.83. The maximum absolute atomic E-state index is 13.4. The molecule has 0 amide bonds. The smallest absolute Gasteiger partial charge is 0.341 e. The average molecular weight is 237 g/mol. The Kier molecular flexibility index (Phi) is 3.76. The molecule has 90 valence electrons. The molecule has 0 bridgehead atoms. The standard InChI is InChI=1S/C12H12FNO3/c1-12(2,3)17-11(16)9-6-8(14-7-15)4-5-10(9)13/h4-6H,1-3H3. The molecule has 17 heavy (non-hydrogen) atoms. The summed E-state index contributed by atoms with van der Waals surface area (Å²) < 4.78 is 18.4. The zero-order valence-electron chi connectivity index (χ0n) is 9.78. The van der Waals surface area contributed by atoms with Crippen LogP contribution in [0, 0.1) is 5.82 Å². The normalized spacial score (nSPS) is 10.6. The van der Waals surface area contributed by atoms with Gasteiger partial charge in [-0.15, -0.1) is 0 Å². The molecule has 0 aromatic heterocycles. The van der Waals surface area contributed by atoms with Gasteiger partial charge in [0.25, 0.3) is 0 Å². The summed E-state index contributed by atoms with van der Waals surface area (Å²) in [6.45, 7) is 5.03. The van der Waals surface area contributed by atoms with Crippen LogP contribution in [0.5, 0.6) is 0 Å². The second-order valence-electron chi connectivity index (χ2n) is 4.37. The van der Waals surface area contributed by atoms with Crippen molar-refractivity contribution in [2.45, 2.75) is 26.4 Å². The number of isocyanates is 1. The van der Waals surface area contributed by atoms with Crippen molar-refractivity contribution in [3.8, 4) is 0 Å². The number of nitrogens with zero attached hydrogens (tertiary/aromatic N) is 1. The molecule has 4 nitrogen and oxygen atoms in total. The Balaban J connectivity index is 3.08. The van der Waals surface area contributed by atoms with E-state index in [9.17, 15) is 14.0 Å². The lowest BCUT2D eigenvalue weighted by Crippen LogP contribution is -2.24. The topological polar surface area (TPSA) is 55.7 Å². The Hall–Kier alpha value is -2.00. The van der Waals surface area contributed by atoms with E-state index in [2.05, 4.69) is 4.99 Å². The van der Waals surface area contributed by atoms with Gasteiger partial charge in [-0.2, -0.15) is 4.99 Å². The van der Waals surface area contributed by atoms with Gasteiger partial charge in [0, 0.05) is 0 Å². The van der Waals surface area contributed by atoms with E-state index in [-0.39, 0.29) is 11.3 Å². The van der Waals surface area contributed by atoms with Crippen LogP contribution in [0.3, 0.4) is 0 Å². The molecule has 0 N–H and O–H groups in total. The number of aliphatic imine (C=N–C) groups is 1. The SMILES string of the molecule is CC(C)(C)OC(=O)c1cc(N=C=O)ccc1F. The van der Waals surface area contributed by atoms with E-state index in [4.69, 9.17) is 4.74 Å². The summed E-state index contributed by atoms with van der Waals surface area (Å²) in [7, 11) is 0. The van der Waals surface area contributed by atoms with Crippen molar-refractivity contribution in [2.75, 3.05) is 0 Å². The molecule has 0 aliphatic heterocycles. The maximum atomic E-state index is 13.4. The van der Waals surface area contributed by atoms with Crippen molar-refractivity contribution < 1.29 is 18.7 Å². The summed E-state index contributed by atoms with van der Waals surface area (Å²) >= 11 is 0. The van der Waals surface area contributed by atoms with Crippen LogP contribution >= 0.6 is 0 Å². The molecular weight excluding hydrogens is 225 g/mol. The summed E-state index contributed by atoms with van der Waals surface area (Å²) in [6.07, 6.45) is 1.32. The highest BCUT2D eigenvalue weighted by molar-refractivity contribution is 5.91. The molecule has 0 saturated carbocycles. The average Bonchev–Trinajstić information content (AvgIpc) is 2.18. The van der Waals surface area contributed by atoms with E-state index in [0.29, 0.717) is 0 Å². The molecule has 0 aliphatic carbocycles. The fourth-order valence-corrected chi connectivity index (χ4v) is 1.13. The lowest BCUT2D eigenvalue weighted by atomic mass is 10.1. The van der Waals surface area contributed by atoms with Gasteiger partial charge >= 0.3 is 5.97 Å². The highest BCUT2D eigenvalue weighted by atomic mass is 19.1. The third kappa shape index (κ3) is 3.81. The molecule has 5 heteroatoms. The molecule has 0 unspecified atom stereocenters. The number of halogens is 1. The highest BCUT2D eigenvalue weighted by Gasteiger charge is 2.20. The second kappa shape index (κ2) is 4.89. The van der Waals surface area contributed by atoms with Crippen LogP contribution in [-0.4, -0.2) is 17.7 Å². The number of esters is 1. The number of carbonyl (C=O) groups is 1. The maximum Gasteiger partial charge on any atom is 0.341 e. The number of hydrogen-bond donors (Lipinski definition) is 0. The minimum Gasteiger partial charge on any atom is -0.456 e. The van der Waals surface area contributed by atoms with Gasteiger partial charge in [0.05, 0.1) is 11.3 Å². The van der Waals surface area contributed by atoms with Gasteiger partial charge in [-0.05, 0) is 39.0 Å². The van der Waals surface area contributed by atoms with Gasteiger partial charge in [-0.1, -0.05) is 0 Å². The van der Waals surface area contributed by atoms with E-state index >= 15 is 0 Å². The molecule has 0 heterocycles. The van der Waals surface area contributed by atoms with Crippen molar-refractivity contribution in [1.29, 1.82) is 0 Å². The Morgan fingerprint density at radius 3 is 2.59 bits per heavy atom. The number of ether oxygens (including phenoxy) is 1. The van der Waals surface area contributed by atoms with Crippen molar-refractivity contribution in [3.63, 3.8) is 0 Å². The summed E-state index contributed by atoms with van der Waals surface area (Å²) in [5.74, 6) is -1.51. The first kappa shape index (κ1) is 13.1. The predicted molar refractivity (Wildman–Crippen MR) is 59.4 cm³/mol. The summed E-state index contributed by atoms with van der Waals surface area (Å²) in [4.78, 5) is 25.0. The summed E-state index contributed by atoms with van der Waals surface area (Å²) in [5.41, 5.74) is -0.813. The fourth-order valence-electron chi connectivity index (χ4n) is 1.13. The molecule has 1 rings (SSSR count). The van der Waals surface area contributed by atoms with Gasteiger partial charge < -0.3 is 4.74 Å². The number of benzene rings is 1. The number of carbonyl (C=O) groups excluding carboxylic acids is 2. The van der Waals surface area contributed by atoms with E-state index in [1.807, 2.05) is 0 Å². The van der Waals surface area contributed by atoms with Gasteiger partial charge in [-0.25, -0.2) is 14.0 Å². The molecule has 0 aliphatic rings. The van der Waals surface area contributed by atoms with Gasteiger partial charge in [-0.3, -0.25) is 0 Å². The van der Waals surface area contributed by atoms with Gasteiger partial charge in [0.1, 0.15) is 11.4 Å². The van der Waals surface area contributed by atoms with Crippen molar-refractivity contribution in [1.82, 2.24) is 0 Å². The van der Waals surface area contributed by atoms with Crippen molar-refractivity contribution in [3.05, 3.63) is 29.6 Å². The molecular formula is C12H12FNO3. The zero-order valence-corrected chi connectivity index (χ0v) is 9.78. The molecule has 1 aromatic rings. The van der Waals surface area contributed by atoms with Crippen LogP contribution in [0.4, 0.5) is 10.1 Å². The monoisotopic (exact) mass is 237 g/mol. The fraction of sp³-hybridized carbons (Fsp3) is 0.333. The number of hydrogen-bond acceptors (Lipinski definition) is 4. The third-order valence-electron chi connectivity index (χ3n) is 1.74. The summed E-state index contributed by atoms with van der Waals surface area (Å²) in [5, 5.41) is 0. The quantitative estimate of drug-likeness (QED) is 0.451. The predicted octanol–water partition coefficient (Wildman–Crippen LogP) is 2.75. The van der Waals surface area contributed by atoms with Gasteiger partial charge in [0.2, 0.25) is 6.08 Å². The third-order valence-corrected chi connectivity index (χ3v) is 1.74. The van der Waals surface area contributed by atoms with Crippen LogP contribution < -0.4 is 0 Å². The minimum atomic E-state index is -0.794. The Bertz CT molecular complexity index is 485. The van der Waals surface area contributed by atoms with Crippen molar-refractivity contribution in [2.24, 2.45) is 4.99 Å². The molecule has 0 radical (unpaired) electrons. The molecule has 1 aromatic carbocycles. The molecule has 0 saturated heterocycles. The number of rotatable bonds is 2. The lowest BCUT2D eigenvalue weighted by Gasteiger charge is -2.19. The van der Waals surface area contributed by atoms with E-state index in [1.165, 1.54) is 12.1 Å². The zero-order chi connectivity index (χ0) is 13.1. The van der Waals surface area contributed by atoms with Crippen LogP contribution in [-0.2, 0) is 9.53 Å². The Morgan fingerprint density at radius 1 is 1.41 bits per heavy atom.